The van der Waals surface area contributed by atoms with Crippen molar-refractivity contribution in [2.45, 2.75) is 11.2 Å². The van der Waals surface area contributed by atoms with E-state index in [1.807, 2.05) is 24.4 Å². The number of aromatic nitrogens is 2. The van der Waals surface area contributed by atoms with Gasteiger partial charge >= 0.3 is 0 Å². The molecule has 1 aromatic carbocycles. The first-order chi connectivity index (χ1) is 7.66. The Bertz CT molecular complexity index is 471. The predicted molar refractivity (Wildman–Crippen MR) is 73.1 cm³/mol. The van der Waals surface area contributed by atoms with Crippen LogP contribution in [0.1, 0.15) is 16.2 Å². The molecule has 1 N–H and O–H groups in total. The molecule has 1 atom stereocenters. The van der Waals surface area contributed by atoms with E-state index in [4.69, 9.17) is 11.6 Å². The van der Waals surface area contributed by atoms with Gasteiger partial charge in [0.25, 0.3) is 0 Å². The number of rotatable bonds is 3. The van der Waals surface area contributed by atoms with Gasteiger partial charge in [-0.1, -0.05) is 49.5 Å². The number of nitrogens with zero attached hydrogens (tertiary/aromatic N) is 1. The average molecular weight is 364 g/mol. The molecule has 0 saturated carbocycles. The Morgan fingerprint density at radius 1 is 1.44 bits per heavy atom. The highest BCUT2D eigenvalue weighted by Crippen LogP contribution is 2.33. The van der Waals surface area contributed by atoms with Gasteiger partial charge in [-0.3, -0.25) is 0 Å². The molecular weight excluding hydrogens is 355 g/mol. The number of nitrogens with one attached hydrogen (secondary N) is 1. The van der Waals surface area contributed by atoms with Gasteiger partial charge in [-0.25, -0.2) is 4.98 Å². The summed E-state index contributed by atoms with van der Waals surface area (Å²) >= 11 is 13.1. The van der Waals surface area contributed by atoms with Crippen LogP contribution in [0.5, 0.6) is 0 Å². The molecule has 2 rings (SSSR count). The van der Waals surface area contributed by atoms with E-state index in [2.05, 4.69) is 41.8 Å². The van der Waals surface area contributed by atoms with Gasteiger partial charge in [-0.15, -0.1) is 0 Å². The lowest BCUT2D eigenvalue weighted by Crippen LogP contribution is -1.98. The van der Waals surface area contributed by atoms with Crippen LogP contribution in [0.2, 0.25) is 5.02 Å². The summed E-state index contributed by atoms with van der Waals surface area (Å²) in [7, 11) is 0. The zero-order chi connectivity index (χ0) is 11.5. The fourth-order valence-corrected chi connectivity index (χ4v) is 3.42. The van der Waals surface area contributed by atoms with Gasteiger partial charge in [-0.2, -0.15) is 0 Å². The molecule has 2 aromatic rings. The fraction of sp³-hybridized carbons (Fsp3) is 0.182. The third kappa shape index (κ3) is 2.87. The first kappa shape index (κ1) is 12.1. The van der Waals surface area contributed by atoms with Crippen molar-refractivity contribution >= 4 is 43.5 Å². The molecule has 0 aliphatic heterocycles. The monoisotopic (exact) mass is 362 g/mol. The topological polar surface area (TPSA) is 28.7 Å². The standard InChI is InChI=1S/C11H9Br2ClN2/c12-9-5-7(14)1-2-8(9)10(13)6-11-15-3-4-16-11/h1-5,10H,6H2,(H,15,16). The summed E-state index contributed by atoms with van der Waals surface area (Å²) in [5.74, 6) is 0.962. The van der Waals surface area contributed by atoms with E-state index in [0.29, 0.717) is 0 Å². The molecule has 5 heteroatoms. The highest BCUT2D eigenvalue weighted by Gasteiger charge is 2.13. The molecule has 0 saturated heterocycles. The molecule has 0 aliphatic rings. The number of aromatic amines is 1. The second-order valence-corrected chi connectivity index (χ2v) is 5.77. The van der Waals surface area contributed by atoms with Crippen LogP contribution in [0.4, 0.5) is 0 Å². The second-order valence-electron chi connectivity index (χ2n) is 3.37. The third-order valence-corrected chi connectivity index (χ3v) is 3.97. The summed E-state index contributed by atoms with van der Waals surface area (Å²) in [5, 5.41) is 0.730. The minimum absolute atomic E-state index is 0.213. The van der Waals surface area contributed by atoms with E-state index in [0.717, 1.165) is 21.7 Å². The Labute approximate surface area is 116 Å². The maximum absolute atomic E-state index is 5.90. The van der Waals surface area contributed by atoms with Gasteiger partial charge in [0.05, 0.1) is 0 Å². The van der Waals surface area contributed by atoms with Crippen molar-refractivity contribution in [2.75, 3.05) is 0 Å². The molecule has 0 aliphatic carbocycles. The molecule has 0 radical (unpaired) electrons. The smallest absolute Gasteiger partial charge is 0.107 e. The number of H-pyrrole nitrogens is 1. The van der Waals surface area contributed by atoms with E-state index in [1.165, 1.54) is 5.56 Å². The van der Waals surface area contributed by atoms with E-state index in [-0.39, 0.29) is 4.83 Å². The normalized spacial score (nSPS) is 12.7. The maximum atomic E-state index is 5.90. The zero-order valence-corrected chi connectivity index (χ0v) is 12.2. The van der Waals surface area contributed by atoms with Crippen molar-refractivity contribution < 1.29 is 0 Å². The molecule has 1 aromatic heterocycles. The first-order valence-electron chi connectivity index (χ1n) is 4.74. The summed E-state index contributed by atoms with van der Waals surface area (Å²) in [6, 6.07) is 5.79. The summed E-state index contributed by atoms with van der Waals surface area (Å²) in [4.78, 5) is 7.50. The van der Waals surface area contributed by atoms with Crippen LogP contribution < -0.4 is 0 Å². The SMILES string of the molecule is Clc1ccc(C(Br)Cc2ncc[nH]2)c(Br)c1. The van der Waals surface area contributed by atoms with Crippen LogP contribution in [0.25, 0.3) is 0 Å². The number of alkyl halides is 1. The molecule has 16 heavy (non-hydrogen) atoms. The largest absolute Gasteiger partial charge is 0.349 e. The summed E-state index contributed by atoms with van der Waals surface area (Å²) in [6.45, 7) is 0. The van der Waals surface area contributed by atoms with Crippen LogP contribution in [0.15, 0.2) is 35.1 Å². The fourth-order valence-electron chi connectivity index (χ4n) is 1.44. The molecule has 84 valence electrons. The van der Waals surface area contributed by atoms with E-state index in [1.54, 1.807) is 6.20 Å². The van der Waals surface area contributed by atoms with Crippen molar-refractivity contribution in [3.8, 4) is 0 Å². The maximum Gasteiger partial charge on any atom is 0.107 e. The number of benzene rings is 1. The van der Waals surface area contributed by atoms with Gasteiger partial charge < -0.3 is 4.98 Å². The van der Waals surface area contributed by atoms with Crippen molar-refractivity contribution in [3.63, 3.8) is 0 Å². The van der Waals surface area contributed by atoms with Gasteiger partial charge in [0.1, 0.15) is 5.82 Å². The Morgan fingerprint density at radius 2 is 2.25 bits per heavy atom. The van der Waals surface area contributed by atoms with Gasteiger partial charge in [-0.05, 0) is 17.7 Å². The van der Waals surface area contributed by atoms with Crippen LogP contribution in [-0.4, -0.2) is 9.97 Å². The van der Waals surface area contributed by atoms with Gasteiger partial charge in [0.2, 0.25) is 0 Å². The summed E-state index contributed by atoms with van der Waals surface area (Å²) in [5.41, 5.74) is 1.17. The Hall–Kier alpha value is -0.320. The average Bonchev–Trinajstić information content (AvgIpc) is 2.70. The second kappa shape index (κ2) is 5.34. The number of hydrogen-bond donors (Lipinski definition) is 1. The number of hydrogen-bond acceptors (Lipinski definition) is 1. The van der Waals surface area contributed by atoms with Crippen molar-refractivity contribution in [2.24, 2.45) is 0 Å². The Balaban J connectivity index is 2.17. The molecule has 0 amide bonds. The van der Waals surface area contributed by atoms with Gasteiger partial charge in [0, 0.05) is 33.1 Å². The van der Waals surface area contributed by atoms with Crippen molar-refractivity contribution in [1.29, 1.82) is 0 Å². The predicted octanol–water partition coefficient (Wildman–Crippen LogP) is 4.50. The quantitative estimate of drug-likeness (QED) is 0.798. The third-order valence-electron chi connectivity index (χ3n) is 2.23. The molecule has 0 fully saturated rings. The number of imidazole rings is 1. The highest BCUT2D eigenvalue weighted by molar-refractivity contribution is 9.11. The van der Waals surface area contributed by atoms with Crippen LogP contribution in [0, 0.1) is 0 Å². The highest BCUT2D eigenvalue weighted by atomic mass is 79.9. The van der Waals surface area contributed by atoms with Crippen molar-refractivity contribution in [1.82, 2.24) is 9.97 Å². The number of halogens is 3. The van der Waals surface area contributed by atoms with Gasteiger partial charge in [0.15, 0.2) is 0 Å². The molecule has 1 heterocycles. The Morgan fingerprint density at radius 3 is 2.88 bits per heavy atom. The van der Waals surface area contributed by atoms with E-state index in [9.17, 15) is 0 Å². The van der Waals surface area contributed by atoms with E-state index >= 15 is 0 Å². The summed E-state index contributed by atoms with van der Waals surface area (Å²) < 4.78 is 1.01. The lowest BCUT2D eigenvalue weighted by molar-refractivity contribution is 0.873. The molecule has 0 spiro atoms. The molecule has 1 unspecified atom stereocenters. The van der Waals surface area contributed by atoms with Crippen LogP contribution >= 0.6 is 43.5 Å². The first-order valence-corrected chi connectivity index (χ1v) is 6.83. The van der Waals surface area contributed by atoms with Crippen LogP contribution in [0.3, 0.4) is 0 Å². The minimum atomic E-state index is 0.213. The summed E-state index contributed by atoms with van der Waals surface area (Å²) in [6.07, 6.45) is 4.39. The molecular formula is C11H9Br2ClN2. The zero-order valence-electron chi connectivity index (χ0n) is 8.25. The lowest BCUT2D eigenvalue weighted by atomic mass is 10.1. The molecule has 2 nitrogen and oxygen atoms in total. The molecule has 0 bridgehead atoms. The Kier molecular flexibility index (Phi) is 4.05. The van der Waals surface area contributed by atoms with E-state index < -0.39 is 0 Å². The minimum Gasteiger partial charge on any atom is -0.349 e. The van der Waals surface area contributed by atoms with Crippen LogP contribution in [-0.2, 0) is 6.42 Å². The van der Waals surface area contributed by atoms with Crippen molar-refractivity contribution in [3.05, 3.63) is 51.5 Å². The lowest BCUT2D eigenvalue weighted by Gasteiger charge is -2.11.